The van der Waals surface area contributed by atoms with Crippen LogP contribution in [0.1, 0.15) is 24.4 Å². The summed E-state index contributed by atoms with van der Waals surface area (Å²) < 4.78 is 1.30. The number of rotatable bonds is 4. The summed E-state index contributed by atoms with van der Waals surface area (Å²) in [5, 5.41) is 16.3. The Morgan fingerprint density at radius 2 is 2.29 bits per heavy atom. The van der Waals surface area contributed by atoms with E-state index in [4.69, 9.17) is 28.5 Å². The summed E-state index contributed by atoms with van der Waals surface area (Å²) in [5.41, 5.74) is 0.769. The van der Waals surface area contributed by atoms with Gasteiger partial charge in [0.05, 0.1) is 6.04 Å². The maximum Gasteiger partial charge on any atom is 0.252 e. The molecular formula is C13H11Cl2N5O. The minimum absolute atomic E-state index is 0.0236. The van der Waals surface area contributed by atoms with Crippen LogP contribution >= 0.6 is 23.2 Å². The molecule has 0 saturated carbocycles. The lowest BCUT2D eigenvalue weighted by molar-refractivity contribution is -0.122. The fraction of sp³-hybridized carbons (Fsp3) is 0.231. The summed E-state index contributed by atoms with van der Waals surface area (Å²) in [4.78, 5) is 15.6. The minimum atomic E-state index is -0.277. The highest BCUT2D eigenvalue weighted by Crippen LogP contribution is 2.25. The molecule has 1 heterocycles. The van der Waals surface area contributed by atoms with Gasteiger partial charge in [-0.3, -0.25) is 4.79 Å². The summed E-state index contributed by atoms with van der Waals surface area (Å²) in [6.07, 6.45) is 1.33. The van der Waals surface area contributed by atoms with Gasteiger partial charge in [0.25, 0.3) is 5.82 Å². The number of carbonyl (C=O) groups excluding carboxylic acids is 1. The molecule has 108 valence electrons. The zero-order valence-electron chi connectivity index (χ0n) is 11.0. The van der Waals surface area contributed by atoms with E-state index in [-0.39, 0.29) is 24.3 Å². The lowest BCUT2D eigenvalue weighted by Gasteiger charge is -2.15. The van der Waals surface area contributed by atoms with Crippen molar-refractivity contribution in [1.29, 1.82) is 5.26 Å². The first kappa shape index (κ1) is 15.3. The lowest BCUT2D eigenvalue weighted by Crippen LogP contribution is -2.30. The SMILES string of the molecule is C[C@@H](NC(=O)Cn1cnc(C#N)n1)c1ccc(Cl)cc1Cl. The van der Waals surface area contributed by atoms with Gasteiger partial charge in [-0.1, -0.05) is 29.3 Å². The zero-order valence-corrected chi connectivity index (χ0v) is 12.6. The number of nitriles is 1. The summed E-state index contributed by atoms with van der Waals surface area (Å²) in [6, 6.07) is 6.61. The van der Waals surface area contributed by atoms with E-state index >= 15 is 0 Å². The van der Waals surface area contributed by atoms with E-state index in [1.165, 1.54) is 11.0 Å². The van der Waals surface area contributed by atoms with Crippen molar-refractivity contribution in [2.45, 2.75) is 19.5 Å². The molecule has 0 spiro atoms. The highest BCUT2D eigenvalue weighted by Gasteiger charge is 2.14. The van der Waals surface area contributed by atoms with Gasteiger partial charge in [0, 0.05) is 10.0 Å². The minimum Gasteiger partial charge on any atom is -0.348 e. The van der Waals surface area contributed by atoms with Crippen molar-refractivity contribution in [3.05, 3.63) is 46.0 Å². The molecule has 1 N–H and O–H groups in total. The molecule has 8 heteroatoms. The average molecular weight is 324 g/mol. The summed E-state index contributed by atoms with van der Waals surface area (Å²) >= 11 is 11.9. The van der Waals surface area contributed by atoms with Crippen LogP contribution in [-0.4, -0.2) is 20.7 Å². The lowest BCUT2D eigenvalue weighted by atomic mass is 10.1. The number of amides is 1. The molecule has 0 fully saturated rings. The number of benzene rings is 1. The molecule has 0 saturated heterocycles. The standard InChI is InChI=1S/C13H11Cl2N5O/c1-8(10-3-2-9(14)4-11(10)15)18-13(21)6-20-7-17-12(5-16)19-20/h2-4,7-8H,6H2,1H3,(H,18,21)/t8-/m1/s1. The molecule has 1 aromatic heterocycles. The molecular weight excluding hydrogens is 313 g/mol. The fourth-order valence-corrected chi connectivity index (χ4v) is 2.36. The third-order valence-corrected chi connectivity index (χ3v) is 3.31. The highest BCUT2D eigenvalue weighted by atomic mass is 35.5. The van der Waals surface area contributed by atoms with Crippen molar-refractivity contribution in [1.82, 2.24) is 20.1 Å². The number of nitrogens with one attached hydrogen (secondary N) is 1. The second kappa shape index (κ2) is 6.57. The first-order valence-corrected chi connectivity index (χ1v) is 6.79. The Labute approximate surface area is 131 Å². The number of nitrogens with zero attached hydrogens (tertiary/aromatic N) is 4. The summed E-state index contributed by atoms with van der Waals surface area (Å²) in [6.45, 7) is 1.79. The fourth-order valence-electron chi connectivity index (χ4n) is 1.79. The molecule has 2 aromatic rings. The van der Waals surface area contributed by atoms with Gasteiger partial charge in [-0.15, -0.1) is 5.10 Å². The predicted molar refractivity (Wildman–Crippen MR) is 77.8 cm³/mol. The first-order valence-electron chi connectivity index (χ1n) is 6.03. The Kier molecular flexibility index (Phi) is 4.78. The van der Waals surface area contributed by atoms with Crippen LogP contribution in [0.25, 0.3) is 0 Å². The van der Waals surface area contributed by atoms with Gasteiger partial charge in [0.15, 0.2) is 0 Å². The molecule has 0 unspecified atom stereocenters. The van der Waals surface area contributed by atoms with Gasteiger partial charge in [-0.25, -0.2) is 9.67 Å². The van der Waals surface area contributed by atoms with E-state index < -0.39 is 0 Å². The van der Waals surface area contributed by atoms with Crippen LogP contribution in [0.2, 0.25) is 10.0 Å². The largest absolute Gasteiger partial charge is 0.348 e. The molecule has 0 bridgehead atoms. The van der Waals surface area contributed by atoms with Crippen molar-refractivity contribution in [3.8, 4) is 6.07 Å². The molecule has 0 aliphatic carbocycles. The topological polar surface area (TPSA) is 83.6 Å². The Bertz CT molecular complexity index is 707. The maximum absolute atomic E-state index is 11.9. The molecule has 1 aromatic carbocycles. The van der Waals surface area contributed by atoms with Gasteiger partial charge < -0.3 is 5.32 Å². The quantitative estimate of drug-likeness (QED) is 0.935. The van der Waals surface area contributed by atoms with Crippen molar-refractivity contribution in [3.63, 3.8) is 0 Å². The Balaban J connectivity index is 2.00. The Hall–Kier alpha value is -2.10. The van der Waals surface area contributed by atoms with Crippen molar-refractivity contribution in [2.24, 2.45) is 0 Å². The number of aromatic nitrogens is 3. The average Bonchev–Trinajstić information content (AvgIpc) is 2.85. The predicted octanol–water partition coefficient (Wildman–Crippen LogP) is 2.33. The first-order chi connectivity index (χ1) is 9.99. The van der Waals surface area contributed by atoms with E-state index in [9.17, 15) is 4.79 Å². The van der Waals surface area contributed by atoms with Crippen molar-refractivity contribution < 1.29 is 4.79 Å². The van der Waals surface area contributed by atoms with Crippen molar-refractivity contribution >= 4 is 29.1 Å². The van der Waals surface area contributed by atoms with Crippen LogP contribution in [0, 0.1) is 11.3 Å². The summed E-state index contributed by atoms with van der Waals surface area (Å²) in [7, 11) is 0. The van der Waals surface area contributed by atoms with Crippen LogP contribution in [0.5, 0.6) is 0 Å². The zero-order chi connectivity index (χ0) is 15.4. The molecule has 1 amide bonds. The number of halogens is 2. The van der Waals surface area contributed by atoms with Crippen LogP contribution in [0.3, 0.4) is 0 Å². The highest BCUT2D eigenvalue weighted by molar-refractivity contribution is 6.35. The Morgan fingerprint density at radius 1 is 1.52 bits per heavy atom. The van der Waals surface area contributed by atoms with E-state index in [1.54, 1.807) is 24.3 Å². The molecule has 2 rings (SSSR count). The monoisotopic (exact) mass is 323 g/mol. The van der Waals surface area contributed by atoms with Gasteiger partial charge in [-0.05, 0) is 24.6 Å². The molecule has 6 nitrogen and oxygen atoms in total. The van der Waals surface area contributed by atoms with E-state index in [0.29, 0.717) is 10.0 Å². The van der Waals surface area contributed by atoms with Crippen molar-refractivity contribution in [2.75, 3.05) is 0 Å². The van der Waals surface area contributed by atoms with E-state index in [0.717, 1.165) is 5.56 Å². The number of hydrogen-bond acceptors (Lipinski definition) is 4. The van der Waals surface area contributed by atoms with Gasteiger partial charge in [0.2, 0.25) is 5.91 Å². The van der Waals surface area contributed by atoms with Crippen LogP contribution < -0.4 is 5.32 Å². The third kappa shape index (κ3) is 3.94. The molecule has 0 radical (unpaired) electrons. The van der Waals surface area contributed by atoms with Crippen LogP contribution in [0.15, 0.2) is 24.5 Å². The van der Waals surface area contributed by atoms with E-state index in [2.05, 4.69) is 15.4 Å². The third-order valence-electron chi connectivity index (χ3n) is 2.75. The Morgan fingerprint density at radius 3 is 2.90 bits per heavy atom. The molecule has 0 aliphatic rings. The van der Waals surface area contributed by atoms with Crippen LogP contribution in [0.4, 0.5) is 0 Å². The van der Waals surface area contributed by atoms with E-state index in [1.807, 2.05) is 6.92 Å². The second-order valence-corrected chi connectivity index (χ2v) is 5.18. The normalized spacial score (nSPS) is 11.7. The summed E-state index contributed by atoms with van der Waals surface area (Å²) in [5.74, 6) is -0.237. The number of hydrogen-bond donors (Lipinski definition) is 1. The molecule has 1 atom stereocenters. The van der Waals surface area contributed by atoms with Gasteiger partial charge >= 0.3 is 0 Å². The molecule has 0 aliphatic heterocycles. The maximum atomic E-state index is 11.9. The van der Waals surface area contributed by atoms with Gasteiger partial charge in [-0.2, -0.15) is 5.26 Å². The molecule has 21 heavy (non-hydrogen) atoms. The van der Waals surface area contributed by atoms with Gasteiger partial charge in [0.1, 0.15) is 18.9 Å². The second-order valence-electron chi connectivity index (χ2n) is 4.33. The smallest absolute Gasteiger partial charge is 0.252 e. The van der Waals surface area contributed by atoms with Crippen LogP contribution in [-0.2, 0) is 11.3 Å². The number of carbonyl (C=O) groups is 1.